The Hall–Kier alpha value is -1.72. The number of hydrogen-bond donors (Lipinski definition) is 1. The molecule has 1 aliphatic rings. The first-order valence-electron chi connectivity index (χ1n) is 12.9. The minimum Gasteiger partial charge on any atom is -0.309 e. The van der Waals surface area contributed by atoms with Crippen molar-refractivity contribution in [3.8, 4) is 0 Å². The van der Waals surface area contributed by atoms with Crippen LogP contribution in [0.5, 0.6) is 0 Å². The lowest BCUT2D eigenvalue weighted by Crippen LogP contribution is -2.55. The van der Waals surface area contributed by atoms with Crippen LogP contribution >= 0.6 is 0 Å². The Balaban J connectivity index is 1.52. The number of nitrogens with zero attached hydrogens (tertiary/aromatic N) is 3. The Kier molecular flexibility index (Phi) is 9.94. The minimum absolute atomic E-state index is 0.496. The van der Waals surface area contributed by atoms with E-state index in [0.717, 1.165) is 52.4 Å². The maximum absolute atomic E-state index is 3.72. The third-order valence-electron chi connectivity index (χ3n) is 7.14. The van der Waals surface area contributed by atoms with Crippen LogP contribution in [-0.2, 0) is 19.6 Å². The van der Waals surface area contributed by atoms with E-state index in [1.54, 1.807) is 0 Å². The second-order valence-electron chi connectivity index (χ2n) is 10.1. The Morgan fingerprint density at radius 2 is 1.55 bits per heavy atom. The number of aryl methyl sites for hydroxylation is 1. The van der Waals surface area contributed by atoms with Gasteiger partial charge in [-0.25, -0.2) is 0 Å². The van der Waals surface area contributed by atoms with Crippen molar-refractivity contribution < 1.29 is 0 Å². The lowest BCUT2D eigenvalue weighted by atomic mass is 10.0. The van der Waals surface area contributed by atoms with Crippen LogP contribution in [0.4, 0.5) is 0 Å². The largest absolute Gasteiger partial charge is 0.309 e. The van der Waals surface area contributed by atoms with Crippen LogP contribution in [0, 0.1) is 6.92 Å². The molecule has 1 heterocycles. The molecule has 0 spiro atoms. The second-order valence-corrected chi connectivity index (χ2v) is 10.1. The predicted octanol–water partition coefficient (Wildman–Crippen LogP) is 4.91. The van der Waals surface area contributed by atoms with Gasteiger partial charge in [0.05, 0.1) is 0 Å². The molecular formula is C29H46N4. The van der Waals surface area contributed by atoms with Crippen LogP contribution in [0.1, 0.15) is 56.9 Å². The maximum atomic E-state index is 3.72. The molecule has 1 saturated heterocycles. The molecule has 4 heteroatoms. The monoisotopic (exact) mass is 450 g/mol. The summed E-state index contributed by atoms with van der Waals surface area (Å²) in [6, 6.07) is 19.8. The van der Waals surface area contributed by atoms with Crippen molar-refractivity contribution in [3.63, 3.8) is 0 Å². The third kappa shape index (κ3) is 7.92. The lowest BCUT2D eigenvalue weighted by Gasteiger charge is -2.44. The van der Waals surface area contributed by atoms with Gasteiger partial charge < -0.3 is 10.2 Å². The van der Waals surface area contributed by atoms with Crippen molar-refractivity contribution in [1.29, 1.82) is 0 Å². The highest BCUT2D eigenvalue weighted by Gasteiger charge is 2.29. The summed E-state index contributed by atoms with van der Waals surface area (Å²) >= 11 is 0. The first-order chi connectivity index (χ1) is 15.9. The highest BCUT2D eigenvalue weighted by atomic mass is 15.3. The first-order valence-corrected chi connectivity index (χ1v) is 12.9. The van der Waals surface area contributed by atoms with Gasteiger partial charge >= 0.3 is 0 Å². The van der Waals surface area contributed by atoms with Gasteiger partial charge in [-0.2, -0.15) is 0 Å². The van der Waals surface area contributed by atoms with Crippen molar-refractivity contribution >= 4 is 0 Å². The molecule has 0 radical (unpaired) electrons. The smallest absolute Gasteiger partial charge is 0.0240 e. The molecule has 0 bridgehead atoms. The van der Waals surface area contributed by atoms with Crippen molar-refractivity contribution in [3.05, 3.63) is 70.8 Å². The summed E-state index contributed by atoms with van der Waals surface area (Å²) in [4.78, 5) is 7.78. The number of benzene rings is 2. The normalized spacial score (nSPS) is 20.9. The molecule has 3 atom stereocenters. The molecule has 2 aromatic rings. The van der Waals surface area contributed by atoms with Gasteiger partial charge in [0.25, 0.3) is 0 Å². The zero-order valence-corrected chi connectivity index (χ0v) is 21.8. The van der Waals surface area contributed by atoms with Crippen LogP contribution < -0.4 is 5.32 Å². The average molecular weight is 451 g/mol. The number of hydrogen-bond acceptors (Lipinski definition) is 4. The highest BCUT2D eigenvalue weighted by Crippen LogP contribution is 2.21. The molecule has 1 aliphatic heterocycles. The first kappa shape index (κ1) is 25.9. The van der Waals surface area contributed by atoms with Crippen molar-refractivity contribution in [2.24, 2.45) is 0 Å². The van der Waals surface area contributed by atoms with E-state index in [1.165, 1.54) is 22.3 Å². The van der Waals surface area contributed by atoms with E-state index >= 15 is 0 Å². The molecule has 0 amide bonds. The van der Waals surface area contributed by atoms with Gasteiger partial charge in [0.15, 0.2) is 0 Å². The van der Waals surface area contributed by atoms with Crippen LogP contribution in [-0.4, -0.2) is 65.5 Å². The number of piperazine rings is 1. The fourth-order valence-electron chi connectivity index (χ4n) is 5.13. The summed E-state index contributed by atoms with van der Waals surface area (Å²) < 4.78 is 0. The van der Waals surface area contributed by atoms with Gasteiger partial charge in [-0.05, 0) is 57.5 Å². The number of likely N-dealkylation sites (N-methyl/N-ethyl adjacent to an activating group) is 1. The predicted molar refractivity (Wildman–Crippen MR) is 141 cm³/mol. The van der Waals surface area contributed by atoms with Crippen LogP contribution in [0.25, 0.3) is 0 Å². The van der Waals surface area contributed by atoms with E-state index in [9.17, 15) is 0 Å². The molecule has 182 valence electrons. The quantitative estimate of drug-likeness (QED) is 0.525. The van der Waals surface area contributed by atoms with E-state index in [1.807, 2.05) is 0 Å². The standard InChI is InChI=1S/C29H46N4/c1-7-31(8-2)18-24(4)30-17-28-10-9-11-29(16-28)22-33-25(5)19-32(20-26(33)6)21-27-14-12-23(3)13-15-27/h9-16,24-26,30H,7-8,17-22H2,1-6H3. The SMILES string of the molecule is CCN(CC)CC(C)NCc1cccc(CN2C(C)CN(Cc3ccc(C)cc3)CC2C)c1. The number of nitrogens with one attached hydrogen (secondary N) is 1. The van der Waals surface area contributed by atoms with Gasteiger partial charge in [-0.15, -0.1) is 0 Å². The summed E-state index contributed by atoms with van der Waals surface area (Å²) in [5.74, 6) is 0. The Morgan fingerprint density at radius 3 is 2.18 bits per heavy atom. The zero-order valence-electron chi connectivity index (χ0n) is 21.8. The van der Waals surface area contributed by atoms with Gasteiger partial charge in [-0.3, -0.25) is 9.80 Å². The molecule has 0 saturated carbocycles. The van der Waals surface area contributed by atoms with Crippen LogP contribution in [0.3, 0.4) is 0 Å². The zero-order chi connectivity index (χ0) is 23.8. The van der Waals surface area contributed by atoms with Crippen LogP contribution in [0.15, 0.2) is 48.5 Å². The fourth-order valence-corrected chi connectivity index (χ4v) is 5.13. The fraction of sp³-hybridized carbons (Fsp3) is 0.586. The summed E-state index contributed by atoms with van der Waals surface area (Å²) in [6.07, 6.45) is 0. The highest BCUT2D eigenvalue weighted by molar-refractivity contribution is 5.24. The molecule has 0 aromatic heterocycles. The summed E-state index contributed by atoms with van der Waals surface area (Å²) in [6.45, 7) is 22.3. The van der Waals surface area contributed by atoms with Gasteiger partial charge in [0, 0.05) is 57.4 Å². The van der Waals surface area contributed by atoms with Gasteiger partial charge in [-0.1, -0.05) is 67.9 Å². The molecule has 3 rings (SSSR count). The van der Waals surface area contributed by atoms with E-state index in [4.69, 9.17) is 0 Å². The molecule has 4 nitrogen and oxygen atoms in total. The van der Waals surface area contributed by atoms with Gasteiger partial charge in [0.1, 0.15) is 0 Å². The molecule has 2 aromatic carbocycles. The van der Waals surface area contributed by atoms with E-state index in [0.29, 0.717) is 18.1 Å². The number of rotatable bonds is 11. The molecular weight excluding hydrogens is 404 g/mol. The lowest BCUT2D eigenvalue weighted by molar-refractivity contribution is 0.0290. The van der Waals surface area contributed by atoms with E-state index in [-0.39, 0.29) is 0 Å². The molecule has 0 aliphatic carbocycles. The molecule has 1 fully saturated rings. The van der Waals surface area contributed by atoms with E-state index in [2.05, 4.69) is 110 Å². The third-order valence-corrected chi connectivity index (χ3v) is 7.14. The van der Waals surface area contributed by atoms with E-state index < -0.39 is 0 Å². The second kappa shape index (κ2) is 12.7. The van der Waals surface area contributed by atoms with Gasteiger partial charge in [0.2, 0.25) is 0 Å². The topological polar surface area (TPSA) is 21.8 Å². The molecule has 1 N–H and O–H groups in total. The average Bonchev–Trinajstić information content (AvgIpc) is 2.80. The van der Waals surface area contributed by atoms with Crippen molar-refractivity contribution in [2.45, 2.75) is 79.3 Å². The summed E-state index contributed by atoms with van der Waals surface area (Å²) in [5.41, 5.74) is 5.57. The Morgan fingerprint density at radius 1 is 0.909 bits per heavy atom. The van der Waals surface area contributed by atoms with Crippen molar-refractivity contribution in [2.75, 3.05) is 32.7 Å². The summed E-state index contributed by atoms with van der Waals surface area (Å²) in [7, 11) is 0. The minimum atomic E-state index is 0.496. The Labute approximate surface area is 203 Å². The molecule has 33 heavy (non-hydrogen) atoms. The summed E-state index contributed by atoms with van der Waals surface area (Å²) in [5, 5.41) is 3.72. The maximum Gasteiger partial charge on any atom is 0.0240 e. The Bertz CT molecular complexity index is 818. The van der Waals surface area contributed by atoms with Crippen LogP contribution in [0.2, 0.25) is 0 Å². The van der Waals surface area contributed by atoms with Crippen molar-refractivity contribution in [1.82, 2.24) is 20.0 Å². The molecule has 3 unspecified atom stereocenters.